The van der Waals surface area contributed by atoms with E-state index in [-0.39, 0.29) is 23.9 Å². The molecule has 0 bridgehead atoms. The summed E-state index contributed by atoms with van der Waals surface area (Å²) in [5, 5.41) is 3.18. The van der Waals surface area contributed by atoms with Crippen LogP contribution in [0.5, 0.6) is 5.75 Å². The lowest BCUT2D eigenvalue weighted by Crippen LogP contribution is -2.53. The minimum atomic E-state index is -3.53. The van der Waals surface area contributed by atoms with E-state index in [1.54, 1.807) is 49.3 Å². The largest absolute Gasteiger partial charge is 0.495 e. The van der Waals surface area contributed by atoms with Crippen molar-refractivity contribution in [3.63, 3.8) is 0 Å². The molecule has 0 radical (unpaired) electrons. The molecule has 1 heterocycles. The first kappa shape index (κ1) is 20.2. The van der Waals surface area contributed by atoms with Crippen molar-refractivity contribution in [3.05, 3.63) is 54.6 Å². The van der Waals surface area contributed by atoms with Crippen molar-refractivity contribution in [1.29, 1.82) is 0 Å². The lowest BCUT2D eigenvalue weighted by atomic mass is 10.2. The average molecular weight is 404 g/mol. The van der Waals surface area contributed by atoms with Crippen molar-refractivity contribution < 1.29 is 17.9 Å². The van der Waals surface area contributed by atoms with E-state index in [0.29, 0.717) is 18.8 Å². The Morgan fingerprint density at radius 3 is 2.25 bits per heavy atom. The summed E-state index contributed by atoms with van der Waals surface area (Å²) in [5.41, 5.74) is 0.746. The SMILES string of the molecule is COc1ccccc1N[C@H](C)C(=O)N1CCN(S(=O)(=O)c2ccccc2)CC1. The second kappa shape index (κ2) is 8.62. The second-order valence-corrected chi connectivity index (χ2v) is 8.55. The quantitative estimate of drug-likeness (QED) is 0.798. The van der Waals surface area contributed by atoms with E-state index < -0.39 is 16.1 Å². The molecule has 1 N–H and O–H groups in total. The van der Waals surface area contributed by atoms with Gasteiger partial charge in [0, 0.05) is 26.2 Å². The Morgan fingerprint density at radius 2 is 1.61 bits per heavy atom. The van der Waals surface area contributed by atoms with E-state index in [0.717, 1.165) is 5.69 Å². The molecule has 2 aromatic rings. The summed E-state index contributed by atoms with van der Waals surface area (Å²) in [5.74, 6) is 0.601. The Balaban J connectivity index is 1.60. The third kappa shape index (κ3) is 4.28. The summed E-state index contributed by atoms with van der Waals surface area (Å²) in [6.45, 7) is 3.09. The lowest BCUT2D eigenvalue weighted by Gasteiger charge is -2.35. The van der Waals surface area contributed by atoms with Gasteiger partial charge in [-0.1, -0.05) is 30.3 Å². The maximum Gasteiger partial charge on any atom is 0.244 e. The van der Waals surface area contributed by atoms with E-state index in [1.165, 1.54) is 4.31 Å². The topological polar surface area (TPSA) is 79.0 Å². The zero-order valence-corrected chi connectivity index (χ0v) is 16.9. The summed E-state index contributed by atoms with van der Waals surface area (Å²) in [6.07, 6.45) is 0. The number of hydrogen-bond donors (Lipinski definition) is 1. The van der Waals surface area contributed by atoms with Crippen molar-refractivity contribution in [2.45, 2.75) is 17.9 Å². The molecule has 1 atom stereocenters. The summed E-state index contributed by atoms with van der Waals surface area (Å²) in [4.78, 5) is 14.8. The molecule has 1 amide bonds. The van der Waals surface area contributed by atoms with Gasteiger partial charge >= 0.3 is 0 Å². The number of anilines is 1. The number of ether oxygens (including phenoxy) is 1. The number of piperazine rings is 1. The van der Waals surface area contributed by atoms with E-state index in [1.807, 2.05) is 24.3 Å². The van der Waals surface area contributed by atoms with Crippen LogP contribution in [0, 0.1) is 0 Å². The van der Waals surface area contributed by atoms with Gasteiger partial charge in [0.25, 0.3) is 0 Å². The molecule has 1 saturated heterocycles. The number of carbonyl (C=O) groups is 1. The van der Waals surface area contributed by atoms with Gasteiger partial charge < -0.3 is 15.0 Å². The fourth-order valence-electron chi connectivity index (χ4n) is 3.22. The predicted octanol–water partition coefficient (Wildman–Crippen LogP) is 2.03. The summed E-state index contributed by atoms with van der Waals surface area (Å²) < 4.78 is 32.2. The molecule has 0 saturated carbocycles. The van der Waals surface area contributed by atoms with Crippen LogP contribution in [0.3, 0.4) is 0 Å². The Bertz CT molecular complexity index is 910. The molecule has 8 heteroatoms. The van der Waals surface area contributed by atoms with Crippen LogP contribution < -0.4 is 10.1 Å². The van der Waals surface area contributed by atoms with Gasteiger partial charge in [-0.3, -0.25) is 4.79 Å². The van der Waals surface area contributed by atoms with Crippen LogP contribution in [0.15, 0.2) is 59.5 Å². The monoisotopic (exact) mass is 403 g/mol. The van der Waals surface area contributed by atoms with Crippen molar-refractivity contribution in [3.8, 4) is 5.75 Å². The number of nitrogens with zero attached hydrogens (tertiary/aromatic N) is 2. The first-order chi connectivity index (χ1) is 13.4. The lowest BCUT2D eigenvalue weighted by molar-refractivity contribution is -0.132. The maximum atomic E-state index is 12.8. The number of para-hydroxylation sites is 2. The minimum absolute atomic E-state index is 0.0670. The molecule has 0 aliphatic carbocycles. The van der Waals surface area contributed by atoms with Crippen LogP contribution in [0.2, 0.25) is 0 Å². The standard InChI is InChI=1S/C20H25N3O4S/c1-16(21-18-10-6-7-11-19(18)27-2)20(24)22-12-14-23(15-13-22)28(25,26)17-8-4-3-5-9-17/h3-11,16,21H,12-15H2,1-2H3/t16-/m1/s1. The van der Waals surface area contributed by atoms with Crippen LogP contribution in [-0.2, 0) is 14.8 Å². The van der Waals surface area contributed by atoms with Crippen molar-refractivity contribution >= 4 is 21.6 Å². The highest BCUT2D eigenvalue weighted by molar-refractivity contribution is 7.89. The van der Waals surface area contributed by atoms with Gasteiger partial charge in [-0.05, 0) is 31.2 Å². The Kier molecular flexibility index (Phi) is 6.21. The number of hydrogen-bond acceptors (Lipinski definition) is 5. The number of benzene rings is 2. The number of rotatable bonds is 6. The molecule has 0 aromatic heterocycles. The number of amides is 1. The molecule has 3 rings (SSSR count). The molecular formula is C20H25N3O4S. The molecule has 2 aromatic carbocycles. The van der Waals surface area contributed by atoms with Gasteiger partial charge in [0.1, 0.15) is 11.8 Å². The first-order valence-corrected chi connectivity index (χ1v) is 10.6. The minimum Gasteiger partial charge on any atom is -0.495 e. The van der Waals surface area contributed by atoms with Gasteiger partial charge in [0.05, 0.1) is 17.7 Å². The highest BCUT2D eigenvalue weighted by Crippen LogP contribution is 2.24. The second-order valence-electron chi connectivity index (χ2n) is 6.61. The number of sulfonamides is 1. The van der Waals surface area contributed by atoms with Crippen LogP contribution in [0.25, 0.3) is 0 Å². The number of nitrogens with one attached hydrogen (secondary N) is 1. The molecular weight excluding hydrogens is 378 g/mol. The fraction of sp³-hybridized carbons (Fsp3) is 0.350. The van der Waals surface area contributed by atoms with Crippen LogP contribution in [0.4, 0.5) is 5.69 Å². The maximum absolute atomic E-state index is 12.8. The third-order valence-electron chi connectivity index (χ3n) is 4.78. The number of methoxy groups -OCH3 is 1. The Labute approximate surface area is 166 Å². The summed E-state index contributed by atoms with van der Waals surface area (Å²) >= 11 is 0. The molecule has 28 heavy (non-hydrogen) atoms. The van der Waals surface area contributed by atoms with Gasteiger partial charge in [0.15, 0.2) is 0 Å². The van der Waals surface area contributed by atoms with E-state index in [2.05, 4.69) is 5.32 Å². The first-order valence-electron chi connectivity index (χ1n) is 9.17. The zero-order valence-electron chi connectivity index (χ0n) is 16.0. The summed E-state index contributed by atoms with van der Waals surface area (Å²) in [6, 6.07) is 15.3. The summed E-state index contributed by atoms with van der Waals surface area (Å²) in [7, 11) is -1.94. The highest BCUT2D eigenvalue weighted by atomic mass is 32.2. The molecule has 1 fully saturated rings. The third-order valence-corrected chi connectivity index (χ3v) is 6.69. The van der Waals surface area contributed by atoms with E-state index in [9.17, 15) is 13.2 Å². The highest BCUT2D eigenvalue weighted by Gasteiger charge is 2.31. The van der Waals surface area contributed by atoms with Gasteiger partial charge in [-0.15, -0.1) is 0 Å². The zero-order chi connectivity index (χ0) is 20.1. The predicted molar refractivity (Wildman–Crippen MR) is 108 cm³/mol. The van der Waals surface area contributed by atoms with Crippen molar-refractivity contribution in [2.75, 3.05) is 38.6 Å². The smallest absolute Gasteiger partial charge is 0.244 e. The Morgan fingerprint density at radius 1 is 1.00 bits per heavy atom. The molecule has 150 valence electrons. The average Bonchev–Trinajstić information content (AvgIpc) is 2.74. The van der Waals surface area contributed by atoms with Crippen LogP contribution in [0.1, 0.15) is 6.92 Å². The normalized spacial score (nSPS) is 16.4. The van der Waals surface area contributed by atoms with Crippen molar-refractivity contribution in [1.82, 2.24) is 9.21 Å². The van der Waals surface area contributed by atoms with Gasteiger partial charge in [-0.25, -0.2) is 8.42 Å². The molecule has 0 spiro atoms. The van der Waals surface area contributed by atoms with Gasteiger partial charge in [0.2, 0.25) is 15.9 Å². The Hall–Kier alpha value is -2.58. The molecule has 0 unspecified atom stereocenters. The molecule has 1 aliphatic heterocycles. The molecule has 1 aliphatic rings. The fourth-order valence-corrected chi connectivity index (χ4v) is 4.67. The molecule has 7 nitrogen and oxygen atoms in total. The van der Waals surface area contributed by atoms with E-state index in [4.69, 9.17) is 4.74 Å². The van der Waals surface area contributed by atoms with Gasteiger partial charge in [-0.2, -0.15) is 4.31 Å². The van der Waals surface area contributed by atoms with E-state index >= 15 is 0 Å². The van der Waals surface area contributed by atoms with Crippen LogP contribution >= 0.6 is 0 Å². The van der Waals surface area contributed by atoms with Crippen molar-refractivity contribution in [2.24, 2.45) is 0 Å². The van der Waals surface area contributed by atoms with Crippen LogP contribution in [-0.4, -0.2) is 62.9 Å². The number of carbonyl (C=O) groups excluding carboxylic acids is 1.